The number of carbonyl (C=O) groups is 2. The number of amides is 2. The van der Waals surface area contributed by atoms with Crippen LogP contribution < -0.4 is 15.8 Å². The maximum absolute atomic E-state index is 11.9. The molecule has 0 aliphatic rings. The molecule has 0 saturated heterocycles. The summed E-state index contributed by atoms with van der Waals surface area (Å²) >= 11 is 11.7. The second-order valence-corrected chi connectivity index (χ2v) is 7.68. The second-order valence-electron chi connectivity index (χ2n) is 5.27. The second kappa shape index (κ2) is 8.50. The first kappa shape index (κ1) is 20.2. The number of rotatable bonds is 5. The first-order valence-corrected chi connectivity index (χ1v) is 9.63. The number of sulfonamides is 1. The molecule has 2 amide bonds. The Hall–Kier alpha value is -2.13. The van der Waals surface area contributed by atoms with Crippen LogP contribution in [-0.4, -0.2) is 26.8 Å². The van der Waals surface area contributed by atoms with Crippen LogP contribution >= 0.6 is 23.2 Å². The highest BCUT2D eigenvalue weighted by Gasteiger charge is 2.15. The summed E-state index contributed by atoms with van der Waals surface area (Å²) in [6.45, 7) is 0.185. The summed E-state index contributed by atoms with van der Waals surface area (Å²) in [7, 11) is -3.74. The van der Waals surface area contributed by atoms with E-state index in [1.807, 2.05) is 0 Å². The van der Waals surface area contributed by atoms with Crippen molar-refractivity contribution in [3.63, 3.8) is 0 Å². The smallest absolute Gasteiger partial charge is 0.313 e. The van der Waals surface area contributed by atoms with Gasteiger partial charge in [0, 0.05) is 11.6 Å². The molecule has 0 aliphatic carbocycles. The van der Waals surface area contributed by atoms with E-state index in [9.17, 15) is 18.0 Å². The summed E-state index contributed by atoms with van der Waals surface area (Å²) in [6.07, 6.45) is 0.405. The van der Waals surface area contributed by atoms with Crippen molar-refractivity contribution < 1.29 is 18.0 Å². The third-order valence-electron chi connectivity index (χ3n) is 3.33. The van der Waals surface area contributed by atoms with E-state index in [1.54, 1.807) is 18.2 Å². The predicted octanol–water partition coefficient (Wildman–Crippen LogP) is 1.94. The Bertz CT molecular complexity index is 931. The number of hydrogen-bond acceptors (Lipinski definition) is 4. The lowest BCUT2D eigenvalue weighted by molar-refractivity contribution is -0.136. The van der Waals surface area contributed by atoms with Crippen molar-refractivity contribution in [1.82, 2.24) is 5.32 Å². The highest BCUT2D eigenvalue weighted by molar-refractivity contribution is 7.89. The molecule has 2 aromatic rings. The van der Waals surface area contributed by atoms with Crippen molar-refractivity contribution in [2.24, 2.45) is 5.14 Å². The molecule has 0 aliphatic heterocycles. The summed E-state index contributed by atoms with van der Waals surface area (Å²) in [5.41, 5.74) is 1.01. The van der Waals surface area contributed by atoms with Crippen molar-refractivity contribution in [2.75, 3.05) is 11.9 Å². The molecular formula is C16H15Cl2N3O4S. The van der Waals surface area contributed by atoms with Gasteiger partial charge in [0.2, 0.25) is 10.0 Å². The van der Waals surface area contributed by atoms with E-state index in [0.29, 0.717) is 11.4 Å². The molecule has 10 heteroatoms. The molecule has 0 radical (unpaired) electrons. The topological polar surface area (TPSA) is 118 Å². The van der Waals surface area contributed by atoms with Crippen molar-refractivity contribution in [3.8, 4) is 0 Å². The van der Waals surface area contributed by atoms with Gasteiger partial charge in [-0.05, 0) is 42.3 Å². The number of nitrogens with two attached hydrogens (primary N) is 1. The van der Waals surface area contributed by atoms with Crippen LogP contribution in [-0.2, 0) is 26.0 Å². The number of carbonyl (C=O) groups excluding carboxylic acids is 2. The molecule has 0 fully saturated rings. The molecule has 2 rings (SSSR count). The largest absolute Gasteiger partial charge is 0.347 e. The summed E-state index contributed by atoms with van der Waals surface area (Å²) in [5.74, 6) is -1.71. The summed E-state index contributed by atoms with van der Waals surface area (Å²) in [4.78, 5) is 23.7. The zero-order valence-corrected chi connectivity index (χ0v) is 15.7. The van der Waals surface area contributed by atoms with Crippen LogP contribution in [0, 0.1) is 0 Å². The highest BCUT2D eigenvalue weighted by atomic mass is 35.5. The molecular weight excluding hydrogens is 401 g/mol. The molecule has 4 N–H and O–H groups in total. The van der Waals surface area contributed by atoms with Crippen LogP contribution in [0.1, 0.15) is 5.56 Å². The third kappa shape index (κ3) is 5.70. The predicted molar refractivity (Wildman–Crippen MR) is 99.6 cm³/mol. The maximum Gasteiger partial charge on any atom is 0.313 e. The Balaban J connectivity index is 1.86. The van der Waals surface area contributed by atoms with Crippen molar-refractivity contribution in [3.05, 3.63) is 58.1 Å². The van der Waals surface area contributed by atoms with Gasteiger partial charge in [-0.25, -0.2) is 13.6 Å². The van der Waals surface area contributed by atoms with Gasteiger partial charge in [0.1, 0.15) is 0 Å². The minimum atomic E-state index is -3.74. The van der Waals surface area contributed by atoms with Gasteiger partial charge in [-0.3, -0.25) is 9.59 Å². The Morgan fingerprint density at radius 2 is 1.65 bits per heavy atom. The van der Waals surface area contributed by atoms with Gasteiger partial charge in [0.15, 0.2) is 0 Å². The molecule has 7 nitrogen and oxygen atoms in total. The first-order chi connectivity index (χ1) is 12.2. The number of primary sulfonamides is 1. The monoisotopic (exact) mass is 415 g/mol. The van der Waals surface area contributed by atoms with Crippen molar-refractivity contribution in [2.45, 2.75) is 11.3 Å². The molecule has 0 heterocycles. The van der Waals surface area contributed by atoms with Gasteiger partial charge in [0.25, 0.3) is 0 Å². The lowest BCUT2D eigenvalue weighted by Gasteiger charge is -2.08. The minimum Gasteiger partial charge on any atom is -0.347 e. The average molecular weight is 416 g/mol. The zero-order valence-electron chi connectivity index (χ0n) is 13.3. The molecule has 0 atom stereocenters. The molecule has 0 saturated carbocycles. The summed E-state index contributed by atoms with van der Waals surface area (Å²) in [5, 5.41) is 10.5. The van der Waals surface area contributed by atoms with Crippen LogP contribution in [0.3, 0.4) is 0 Å². The molecule has 26 heavy (non-hydrogen) atoms. The quantitative estimate of drug-likeness (QED) is 0.646. The molecule has 2 aromatic carbocycles. The van der Waals surface area contributed by atoms with Gasteiger partial charge in [-0.1, -0.05) is 35.3 Å². The molecule has 0 bridgehead atoms. The Kier molecular flexibility index (Phi) is 6.60. The molecule has 0 unspecified atom stereocenters. The van der Waals surface area contributed by atoms with Gasteiger partial charge in [-0.15, -0.1) is 0 Å². The van der Waals surface area contributed by atoms with Crippen LogP contribution in [0.15, 0.2) is 47.4 Å². The SMILES string of the molecule is NS(=O)(=O)c1ccc(CCNC(=O)C(=O)Nc2cc(Cl)ccc2Cl)cc1. The summed E-state index contributed by atoms with van der Waals surface area (Å²) < 4.78 is 22.4. The number of benzene rings is 2. The van der Waals surface area contributed by atoms with Crippen LogP contribution in [0.5, 0.6) is 0 Å². The van der Waals surface area contributed by atoms with Crippen molar-refractivity contribution >= 4 is 50.7 Å². The Labute approximate surface area is 160 Å². The van der Waals surface area contributed by atoms with Crippen LogP contribution in [0.4, 0.5) is 5.69 Å². The number of hydrogen-bond donors (Lipinski definition) is 3. The third-order valence-corrected chi connectivity index (χ3v) is 4.83. The number of halogens is 2. The first-order valence-electron chi connectivity index (χ1n) is 7.33. The fraction of sp³-hybridized carbons (Fsp3) is 0.125. The van der Waals surface area contributed by atoms with Crippen molar-refractivity contribution in [1.29, 1.82) is 0 Å². The molecule has 0 spiro atoms. The highest BCUT2D eigenvalue weighted by Crippen LogP contribution is 2.25. The fourth-order valence-electron chi connectivity index (χ4n) is 2.02. The normalized spacial score (nSPS) is 11.0. The Morgan fingerprint density at radius 3 is 2.27 bits per heavy atom. The van der Waals surface area contributed by atoms with E-state index in [-0.39, 0.29) is 22.2 Å². The van der Waals surface area contributed by atoms with Crippen LogP contribution in [0.25, 0.3) is 0 Å². The standard InChI is InChI=1S/C16H15Cl2N3O4S/c17-11-3-6-13(18)14(9-11)21-16(23)15(22)20-8-7-10-1-4-12(5-2-10)26(19,24)25/h1-6,9H,7-8H2,(H,20,22)(H,21,23)(H2,19,24,25). The van der Waals surface area contributed by atoms with Crippen LogP contribution in [0.2, 0.25) is 10.0 Å². The van der Waals surface area contributed by atoms with E-state index in [1.165, 1.54) is 24.3 Å². The molecule has 0 aromatic heterocycles. The fourth-order valence-corrected chi connectivity index (χ4v) is 2.87. The van der Waals surface area contributed by atoms with E-state index in [4.69, 9.17) is 28.3 Å². The van der Waals surface area contributed by atoms with E-state index < -0.39 is 21.8 Å². The average Bonchev–Trinajstić information content (AvgIpc) is 2.57. The number of nitrogens with one attached hydrogen (secondary N) is 2. The van der Waals surface area contributed by atoms with E-state index in [0.717, 1.165) is 5.56 Å². The zero-order chi connectivity index (χ0) is 19.3. The van der Waals surface area contributed by atoms with Gasteiger partial charge < -0.3 is 10.6 Å². The van der Waals surface area contributed by atoms with E-state index >= 15 is 0 Å². The maximum atomic E-state index is 11.9. The van der Waals surface area contributed by atoms with Gasteiger partial charge in [-0.2, -0.15) is 0 Å². The number of anilines is 1. The minimum absolute atomic E-state index is 0.00284. The van der Waals surface area contributed by atoms with Gasteiger partial charge >= 0.3 is 11.8 Å². The summed E-state index contributed by atoms with van der Waals surface area (Å²) in [6, 6.07) is 10.4. The molecule has 138 valence electrons. The van der Waals surface area contributed by atoms with E-state index in [2.05, 4.69) is 10.6 Å². The Morgan fingerprint density at radius 1 is 1.00 bits per heavy atom. The van der Waals surface area contributed by atoms with Gasteiger partial charge in [0.05, 0.1) is 15.6 Å². The lowest BCUT2D eigenvalue weighted by atomic mass is 10.1. The lowest BCUT2D eigenvalue weighted by Crippen LogP contribution is -2.36.